The van der Waals surface area contributed by atoms with Crippen LogP contribution in [0.2, 0.25) is 0 Å². The number of hydrogen-bond donors (Lipinski definition) is 1. The number of nitrogens with one attached hydrogen (secondary N) is 1. The van der Waals surface area contributed by atoms with Gasteiger partial charge in [0, 0.05) is 29.6 Å². The van der Waals surface area contributed by atoms with Gasteiger partial charge in [-0.05, 0) is 61.7 Å². The lowest BCUT2D eigenvalue weighted by molar-refractivity contribution is 0.0486. The summed E-state index contributed by atoms with van der Waals surface area (Å²) >= 11 is 3.55. The highest BCUT2D eigenvalue weighted by atomic mass is 79.9. The average Bonchev–Trinajstić information content (AvgIpc) is 3.15. The van der Waals surface area contributed by atoms with Gasteiger partial charge in [-0.2, -0.15) is 0 Å². The first-order valence-electron chi connectivity index (χ1n) is 9.79. The number of amides is 1. The second kappa shape index (κ2) is 8.65. The van der Waals surface area contributed by atoms with Gasteiger partial charge in [-0.25, -0.2) is 9.07 Å². The molecule has 6 nitrogen and oxygen atoms in total. The highest BCUT2D eigenvalue weighted by Gasteiger charge is 2.35. The quantitative estimate of drug-likeness (QED) is 0.610. The summed E-state index contributed by atoms with van der Waals surface area (Å²) in [5.74, 6) is -0.606. The molecule has 0 spiro atoms. The van der Waals surface area contributed by atoms with E-state index in [0.717, 1.165) is 17.3 Å². The predicted molar refractivity (Wildman–Crippen MR) is 114 cm³/mol. The molecule has 8 heteroatoms. The molecular formula is C22H22BrFN4O2. The van der Waals surface area contributed by atoms with Gasteiger partial charge in [0.1, 0.15) is 5.82 Å². The maximum absolute atomic E-state index is 13.2. The van der Waals surface area contributed by atoms with E-state index in [9.17, 15) is 9.18 Å². The van der Waals surface area contributed by atoms with Crippen LogP contribution in [0.1, 0.15) is 34.6 Å². The monoisotopic (exact) mass is 472 g/mol. The molecule has 1 aromatic heterocycles. The molecule has 1 aliphatic rings. The number of carbonyl (C=O) groups is 1. The fraction of sp³-hybridized carbons (Fsp3) is 0.318. The molecule has 156 valence electrons. The van der Waals surface area contributed by atoms with Gasteiger partial charge in [0.15, 0.2) is 5.69 Å². The zero-order chi connectivity index (χ0) is 21.1. The van der Waals surface area contributed by atoms with Crippen molar-refractivity contribution in [3.63, 3.8) is 0 Å². The van der Waals surface area contributed by atoms with E-state index in [1.54, 1.807) is 19.1 Å². The maximum atomic E-state index is 13.2. The molecule has 3 aromatic rings. The van der Waals surface area contributed by atoms with E-state index in [2.05, 4.69) is 43.7 Å². The Morgan fingerprint density at radius 1 is 1.23 bits per heavy atom. The van der Waals surface area contributed by atoms with Crippen LogP contribution in [0.25, 0.3) is 5.69 Å². The van der Waals surface area contributed by atoms with Crippen LogP contribution in [-0.4, -0.2) is 40.7 Å². The van der Waals surface area contributed by atoms with E-state index in [1.165, 1.54) is 22.4 Å². The maximum Gasteiger partial charge on any atom is 0.273 e. The Kier molecular flexibility index (Phi) is 5.97. The molecule has 1 aliphatic heterocycles. The molecule has 30 heavy (non-hydrogen) atoms. The molecule has 0 atom stereocenters. The summed E-state index contributed by atoms with van der Waals surface area (Å²) in [7, 11) is 0. The molecule has 2 aromatic carbocycles. The lowest BCUT2D eigenvalue weighted by Crippen LogP contribution is -2.44. The molecule has 1 amide bonds. The van der Waals surface area contributed by atoms with Crippen molar-refractivity contribution in [2.75, 3.05) is 19.8 Å². The van der Waals surface area contributed by atoms with Gasteiger partial charge >= 0.3 is 0 Å². The second-order valence-electron chi connectivity index (χ2n) is 7.50. The number of aromatic nitrogens is 3. The topological polar surface area (TPSA) is 69.0 Å². The van der Waals surface area contributed by atoms with Crippen molar-refractivity contribution in [3.8, 4) is 5.69 Å². The fourth-order valence-electron chi connectivity index (χ4n) is 3.85. The van der Waals surface area contributed by atoms with Crippen LogP contribution in [0.5, 0.6) is 0 Å². The SMILES string of the molecule is Cc1c(C(=O)NCC2(c3cccc(Br)c3)CCOCC2)nnn1-c1ccc(F)cc1. The van der Waals surface area contributed by atoms with Gasteiger partial charge < -0.3 is 10.1 Å². The van der Waals surface area contributed by atoms with Crippen molar-refractivity contribution in [1.82, 2.24) is 20.3 Å². The number of ether oxygens (including phenoxy) is 1. The third-order valence-corrected chi connectivity index (χ3v) is 6.15. The Hall–Kier alpha value is -2.58. The van der Waals surface area contributed by atoms with E-state index in [4.69, 9.17) is 4.74 Å². The van der Waals surface area contributed by atoms with E-state index in [-0.39, 0.29) is 22.8 Å². The van der Waals surface area contributed by atoms with Gasteiger partial charge in [-0.3, -0.25) is 4.79 Å². The Balaban J connectivity index is 1.54. The van der Waals surface area contributed by atoms with E-state index in [0.29, 0.717) is 31.1 Å². The van der Waals surface area contributed by atoms with Crippen molar-refractivity contribution >= 4 is 21.8 Å². The number of nitrogens with zero attached hydrogens (tertiary/aromatic N) is 3. The number of carbonyl (C=O) groups excluding carboxylic acids is 1. The lowest BCUT2D eigenvalue weighted by atomic mass is 9.74. The van der Waals surface area contributed by atoms with Gasteiger partial charge in [0.25, 0.3) is 5.91 Å². The lowest BCUT2D eigenvalue weighted by Gasteiger charge is -2.38. The van der Waals surface area contributed by atoms with Gasteiger partial charge in [-0.1, -0.05) is 33.3 Å². The summed E-state index contributed by atoms with van der Waals surface area (Å²) in [4.78, 5) is 12.9. The number of halogens is 2. The van der Waals surface area contributed by atoms with Crippen LogP contribution in [0.3, 0.4) is 0 Å². The Morgan fingerprint density at radius 3 is 2.67 bits per heavy atom. The van der Waals surface area contributed by atoms with Crippen molar-refractivity contribution < 1.29 is 13.9 Å². The van der Waals surface area contributed by atoms with Crippen LogP contribution in [-0.2, 0) is 10.2 Å². The third-order valence-electron chi connectivity index (χ3n) is 5.66. The van der Waals surface area contributed by atoms with Gasteiger partial charge in [0.2, 0.25) is 0 Å². The molecule has 0 radical (unpaired) electrons. The summed E-state index contributed by atoms with van der Waals surface area (Å²) in [5.41, 5.74) is 2.49. The van der Waals surface area contributed by atoms with Crippen molar-refractivity contribution in [3.05, 3.63) is 75.8 Å². The van der Waals surface area contributed by atoms with Crippen LogP contribution in [0.4, 0.5) is 4.39 Å². The minimum Gasteiger partial charge on any atom is -0.381 e. The Morgan fingerprint density at radius 2 is 1.97 bits per heavy atom. The summed E-state index contributed by atoms with van der Waals surface area (Å²) in [6.45, 7) is 3.57. The number of hydrogen-bond acceptors (Lipinski definition) is 4. The summed E-state index contributed by atoms with van der Waals surface area (Å²) in [6, 6.07) is 14.1. The molecule has 4 rings (SSSR count). The van der Waals surface area contributed by atoms with Crippen molar-refractivity contribution in [2.45, 2.75) is 25.2 Å². The van der Waals surface area contributed by atoms with E-state index in [1.807, 2.05) is 12.1 Å². The third kappa shape index (κ3) is 4.15. The molecule has 0 aliphatic carbocycles. The molecule has 0 bridgehead atoms. The molecule has 0 saturated carbocycles. The summed E-state index contributed by atoms with van der Waals surface area (Å²) < 4.78 is 21.3. The highest BCUT2D eigenvalue weighted by molar-refractivity contribution is 9.10. The normalized spacial score (nSPS) is 15.7. The summed E-state index contributed by atoms with van der Waals surface area (Å²) in [5, 5.41) is 11.2. The Labute approximate surface area is 182 Å². The van der Waals surface area contributed by atoms with Gasteiger partial charge in [0.05, 0.1) is 11.4 Å². The first-order valence-corrected chi connectivity index (χ1v) is 10.6. The standard InChI is InChI=1S/C22H22BrFN4O2/c1-15-20(26-27-28(15)19-7-5-18(24)6-8-19)21(29)25-14-22(9-11-30-12-10-22)16-3-2-4-17(23)13-16/h2-8,13H,9-12,14H2,1H3,(H,25,29). The fourth-order valence-corrected chi connectivity index (χ4v) is 4.25. The van der Waals surface area contributed by atoms with Crippen molar-refractivity contribution in [1.29, 1.82) is 0 Å². The minimum absolute atomic E-state index is 0.196. The zero-order valence-electron chi connectivity index (χ0n) is 16.6. The molecule has 1 N–H and O–H groups in total. The first-order chi connectivity index (χ1) is 14.5. The summed E-state index contributed by atoms with van der Waals surface area (Å²) in [6.07, 6.45) is 1.65. The number of rotatable bonds is 5. The first kappa shape index (κ1) is 20.7. The number of benzene rings is 2. The van der Waals surface area contributed by atoms with E-state index < -0.39 is 0 Å². The molecule has 0 unspecified atom stereocenters. The molecular weight excluding hydrogens is 451 g/mol. The van der Waals surface area contributed by atoms with Gasteiger partial charge in [-0.15, -0.1) is 5.10 Å². The largest absolute Gasteiger partial charge is 0.381 e. The minimum atomic E-state index is -0.330. The average molecular weight is 473 g/mol. The van der Waals surface area contributed by atoms with Crippen LogP contribution in [0, 0.1) is 12.7 Å². The second-order valence-corrected chi connectivity index (χ2v) is 8.41. The van der Waals surface area contributed by atoms with E-state index >= 15 is 0 Å². The van der Waals surface area contributed by atoms with Crippen LogP contribution in [0.15, 0.2) is 53.0 Å². The predicted octanol–water partition coefficient (Wildman–Crippen LogP) is 3.96. The molecule has 1 fully saturated rings. The zero-order valence-corrected chi connectivity index (χ0v) is 18.2. The van der Waals surface area contributed by atoms with Crippen molar-refractivity contribution in [2.24, 2.45) is 0 Å². The molecule has 1 saturated heterocycles. The Bertz CT molecular complexity index is 1050. The highest BCUT2D eigenvalue weighted by Crippen LogP contribution is 2.35. The van der Waals surface area contributed by atoms with Crippen LogP contribution < -0.4 is 5.32 Å². The van der Waals surface area contributed by atoms with Crippen LogP contribution >= 0.6 is 15.9 Å². The molecule has 2 heterocycles. The smallest absolute Gasteiger partial charge is 0.273 e.